The molecule has 0 spiro atoms. The van der Waals surface area contributed by atoms with Crippen molar-refractivity contribution in [1.82, 2.24) is 9.80 Å². The summed E-state index contributed by atoms with van der Waals surface area (Å²) in [4.78, 5) is 54.3. The molecule has 8 nitrogen and oxygen atoms in total. The Hall–Kier alpha value is -6.79. The summed E-state index contributed by atoms with van der Waals surface area (Å²) >= 11 is 4.64. The fraction of sp³-hybridized carbons (Fsp3) is 0.259. The minimum absolute atomic E-state index is 0.0329. The predicted molar refractivity (Wildman–Crippen MR) is 254 cm³/mol. The fourth-order valence-electron chi connectivity index (χ4n) is 8.59. The molecule has 67 heavy (non-hydrogen) atoms. The van der Waals surface area contributed by atoms with Gasteiger partial charge in [-0.15, -0.1) is 0 Å². The summed E-state index contributed by atoms with van der Waals surface area (Å²) in [5.41, 5.74) is 4.65. The van der Waals surface area contributed by atoms with Gasteiger partial charge in [-0.25, -0.2) is 17.6 Å². The number of hydrogen-bond acceptors (Lipinski definition) is 5. The Bertz CT molecular complexity index is 2660. The Kier molecular flexibility index (Phi) is 17.1. The molecule has 13 heteroatoms. The zero-order chi connectivity index (χ0) is 48.2. The standard InChI is InChI=1S/C27H26F2N2O2.C25H24F2N2O.C2H3ClO/c1-18-13-15-20(16-14-18)26(31(19(2)32)25-11-6-5-10-23(25)29)27(33)30-17-7-12-24(30)21-8-3-4-9-22(21)28;1-17-12-14-18(15-13-17)24(28-22-10-5-4-9-21(22)27)25(30)29-16-6-11-23(29)19-7-2-3-8-20(19)26;1-2(3)4/h3-6,8-11,13-16,24,26H,7,12,17H2,1-2H3;2-5,7-10,12-15,23-24,28H,6,11,16H2,1H3;1H3/t24-,26-;23-,24-;/m00./s1. The van der Waals surface area contributed by atoms with Gasteiger partial charge in [-0.2, -0.15) is 0 Å². The summed E-state index contributed by atoms with van der Waals surface area (Å²) in [5, 5.41) is 2.73. The second kappa shape index (κ2) is 23.1. The summed E-state index contributed by atoms with van der Waals surface area (Å²) in [6.45, 7) is 7.48. The van der Waals surface area contributed by atoms with Gasteiger partial charge in [-0.3, -0.25) is 24.1 Å². The van der Waals surface area contributed by atoms with Crippen LogP contribution in [0.3, 0.4) is 0 Å². The molecule has 6 aromatic carbocycles. The van der Waals surface area contributed by atoms with Gasteiger partial charge in [0.1, 0.15) is 35.4 Å². The maximum Gasteiger partial charge on any atom is 0.250 e. The number of halogens is 5. The Labute approximate surface area is 394 Å². The van der Waals surface area contributed by atoms with Gasteiger partial charge < -0.3 is 15.1 Å². The number of likely N-dealkylation sites (tertiary alicyclic amines) is 2. The minimum Gasteiger partial charge on any atom is -0.368 e. The number of aryl methyl sites for hydroxylation is 2. The van der Waals surface area contributed by atoms with Crippen molar-refractivity contribution in [2.24, 2.45) is 0 Å². The largest absolute Gasteiger partial charge is 0.368 e. The van der Waals surface area contributed by atoms with Crippen molar-refractivity contribution >= 4 is 45.9 Å². The zero-order valence-corrected chi connectivity index (χ0v) is 38.5. The highest BCUT2D eigenvalue weighted by Gasteiger charge is 2.41. The van der Waals surface area contributed by atoms with Crippen LogP contribution in [0.5, 0.6) is 0 Å². The number of nitrogens with zero attached hydrogens (tertiary/aromatic N) is 3. The Balaban J connectivity index is 0.000000206. The second-order valence-corrected chi connectivity index (χ2v) is 17.0. The summed E-state index contributed by atoms with van der Waals surface area (Å²) < 4.78 is 58.2. The lowest BCUT2D eigenvalue weighted by molar-refractivity contribution is -0.135. The first kappa shape index (κ1) is 49.6. The molecule has 0 radical (unpaired) electrons. The van der Waals surface area contributed by atoms with Gasteiger partial charge in [0.25, 0.3) is 5.91 Å². The van der Waals surface area contributed by atoms with Crippen molar-refractivity contribution in [3.05, 3.63) is 202 Å². The molecule has 3 amide bonds. The smallest absolute Gasteiger partial charge is 0.250 e. The van der Waals surface area contributed by atoms with Crippen LogP contribution >= 0.6 is 11.6 Å². The monoisotopic (exact) mass is 932 g/mol. The fourth-order valence-corrected chi connectivity index (χ4v) is 8.59. The molecule has 8 rings (SSSR count). The lowest BCUT2D eigenvalue weighted by atomic mass is 9.99. The van der Waals surface area contributed by atoms with Crippen LogP contribution in [0.25, 0.3) is 0 Å². The van der Waals surface area contributed by atoms with Gasteiger partial charge in [-0.1, -0.05) is 120 Å². The van der Waals surface area contributed by atoms with Crippen LogP contribution in [0.2, 0.25) is 0 Å². The molecule has 0 aliphatic carbocycles. The highest BCUT2D eigenvalue weighted by molar-refractivity contribution is 6.62. The topological polar surface area (TPSA) is 90.0 Å². The average molecular weight is 933 g/mol. The third kappa shape index (κ3) is 12.4. The third-order valence-corrected chi connectivity index (χ3v) is 11.8. The molecule has 1 N–H and O–H groups in total. The first-order chi connectivity index (χ1) is 32.2. The van der Waals surface area contributed by atoms with E-state index >= 15 is 0 Å². The van der Waals surface area contributed by atoms with Crippen molar-refractivity contribution in [3.63, 3.8) is 0 Å². The van der Waals surface area contributed by atoms with Gasteiger partial charge in [0.15, 0.2) is 0 Å². The number of carbonyl (C=O) groups is 4. The number of amides is 3. The Morgan fingerprint density at radius 2 is 0.985 bits per heavy atom. The molecule has 0 aromatic heterocycles. The molecule has 2 aliphatic heterocycles. The Morgan fingerprint density at radius 3 is 1.45 bits per heavy atom. The molecule has 4 atom stereocenters. The third-order valence-electron chi connectivity index (χ3n) is 11.8. The van der Waals surface area contributed by atoms with E-state index in [1.54, 1.807) is 82.6 Å². The first-order valence-corrected chi connectivity index (χ1v) is 22.5. The van der Waals surface area contributed by atoms with Gasteiger partial charge in [0.2, 0.25) is 17.1 Å². The molecule has 2 heterocycles. The van der Waals surface area contributed by atoms with Crippen LogP contribution in [0.15, 0.2) is 146 Å². The van der Waals surface area contributed by atoms with E-state index in [2.05, 4.69) is 16.9 Å². The number of rotatable bonds is 10. The minimum atomic E-state index is -1.08. The molecule has 0 saturated carbocycles. The van der Waals surface area contributed by atoms with Crippen LogP contribution in [-0.2, 0) is 19.2 Å². The Morgan fingerprint density at radius 1 is 0.567 bits per heavy atom. The number of hydrogen-bond donors (Lipinski definition) is 1. The van der Waals surface area contributed by atoms with E-state index < -0.39 is 35.7 Å². The SMILES string of the molecule is CC(=O)Cl.CC(=O)N(c1ccccc1F)[C@H](C(=O)N1CCC[C@H]1c1ccccc1F)c1ccc(C)cc1.Cc1ccc([C@H](Nc2ccccc2F)C(=O)N2CCC[C@H]2c2ccccc2F)cc1. The maximum absolute atomic E-state index is 14.8. The summed E-state index contributed by atoms with van der Waals surface area (Å²) in [5.74, 6) is -2.70. The van der Waals surface area contributed by atoms with Crippen LogP contribution in [0.1, 0.15) is 97.1 Å². The molecule has 0 unspecified atom stereocenters. The molecule has 2 saturated heterocycles. The van der Waals surface area contributed by atoms with Gasteiger partial charge in [0.05, 0.1) is 23.5 Å². The van der Waals surface area contributed by atoms with Crippen molar-refractivity contribution < 1.29 is 36.7 Å². The number of anilines is 2. The maximum atomic E-state index is 14.8. The van der Waals surface area contributed by atoms with E-state index in [4.69, 9.17) is 0 Å². The van der Waals surface area contributed by atoms with Crippen molar-refractivity contribution in [1.29, 1.82) is 0 Å². The molecule has 2 aliphatic rings. The van der Waals surface area contributed by atoms with E-state index in [1.165, 1.54) is 55.1 Å². The molecule has 6 aromatic rings. The van der Waals surface area contributed by atoms with Crippen LogP contribution in [0, 0.1) is 37.1 Å². The van der Waals surface area contributed by atoms with E-state index in [0.717, 1.165) is 23.1 Å². The second-order valence-electron chi connectivity index (χ2n) is 16.5. The van der Waals surface area contributed by atoms with E-state index in [9.17, 15) is 36.7 Å². The van der Waals surface area contributed by atoms with Crippen LogP contribution in [-0.4, -0.2) is 45.9 Å². The van der Waals surface area contributed by atoms with Gasteiger partial charge in [0, 0.05) is 38.1 Å². The van der Waals surface area contributed by atoms with Crippen LogP contribution in [0.4, 0.5) is 28.9 Å². The number of nitrogens with one attached hydrogen (secondary N) is 1. The lowest BCUT2D eigenvalue weighted by Gasteiger charge is -2.35. The molecular formula is C54H53ClF4N4O4. The number of carbonyl (C=O) groups excluding carboxylic acids is 4. The van der Waals surface area contributed by atoms with Crippen molar-refractivity contribution in [2.45, 2.75) is 77.5 Å². The van der Waals surface area contributed by atoms with Gasteiger partial charge >= 0.3 is 0 Å². The summed E-state index contributed by atoms with van der Waals surface area (Å²) in [6, 6.07) is 37.5. The van der Waals surface area contributed by atoms with E-state index in [-0.39, 0.29) is 46.1 Å². The summed E-state index contributed by atoms with van der Waals surface area (Å²) in [6.07, 6.45) is 2.83. The van der Waals surface area contributed by atoms with Crippen molar-refractivity contribution in [3.8, 4) is 0 Å². The molecule has 2 fully saturated rings. The lowest BCUT2D eigenvalue weighted by Crippen LogP contribution is -2.45. The van der Waals surface area contributed by atoms with Crippen molar-refractivity contribution in [2.75, 3.05) is 23.3 Å². The van der Waals surface area contributed by atoms with E-state index in [0.29, 0.717) is 49.0 Å². The number of benzene rings is 6. The summed E-state index contributed by atoms with van der Waals surface area (Å²) in [7, 11) is 0. The molecule has 0 bridgehead atoms. The highest BCUT2D eigenvalue weighted by atomic mass is 35.5. The predicted octanol–water partition coefficient (Wildman–Crippen LogP) is 12.3. The number of para-hydroxylation sites is 2. The van der Waals surface area contributed by atoms with E-state index in [1.807, 2.05) is 50.2 Å². The quantitative estimate of drug-likeness (QED) is 0.109. The first-order valence-electron chi connectivity index (χ1n) is 22.1. The van der Waals surface area contributed by atoms with Crippen LogP contribution < -0.4 is 10.2 Å². The molecule has 348 valence electrons. The zero-order valence-electron chi connectivity index (χ0n) is 37.8. The average Bonchev–Trinajstić information content (AvgIpc) is 4.00. The normalized spacial score (nSPS) is 16.1. The van der Waals surface area contributed by atoms with Gasteiger partial charge in [-0.05, 0) is 98.7 Å². The molecular weight excluding hydrogens is 880 g/mol. The highest BCUT2D eigenvalue weighted by Crippen LogP contribution is 2.40.